The van der Waals surface area contributed by atoms with E-state index in [0.717, 1.165) is 71.7 Å². The molecule has 0 atom stereocenters. The minimum atomic E-state index is 0.589. The lowest BCUT2D eigenvalue weighted by Crippen LogP contribution is -2.00. The molecule has 0 saturated carbocycles. The van der Waals surface area contributed by atoms with Crippen molar-refractivity contribution in [3.8, 4) is 56.4 Å². The van der Waals surface area contributed by atoms with Crippen molar-refractivity contribution in [2.24, 2.45) is 0 Å². The van der Waals surface area contributed by atoms with Crippen LogP contribution in [0, 0.1) is 0 Å². The van der Waals surface area contributed by atoms with Crippen LogP contribution in [0.15, 0.2) is 173 Å². The second-order valence-electron chi connectivity index (χ2n) is 12.4. The van der Waals surface area contributed by atoms with Crippen LogP contribution in [-0.2, 0) is 0 Å². The molecule has 0 spiro atoms. The second-order valence-corrected chi connectivity index (χ2v) is 12.4. The van der Waals surface area contributed by atoms with Crippen LogP contribution in [0.25, 0.3) is 100 Å². The lowest BCUT2D eigenvalue weighted by atomic mass is 9.99. The number of benzene rings is 7. The molecule has 0 amide bonds. The van der Waals surface area contributed by atoms with Crippen LogP contribution in [0.4, 0.5) is 0 Å². The average Bonchev–Trinajstić information content (AvgIpc) is 3.76. The van der Waals surface area contributed by atoms with Gasteiger partial charge in [-0.05, 0) is 53.1 Å². The Morgan fingerprint density at radius 3 is 1.52 bits per heavy atom. The standard InChI is InChI=1S/C45H27N3O2/c1-4-11-28(12-5-1)31-21-24-39-38(25-31)36-22-19-32(26-40(36)49-39)34-17-10-18-37-35-23-20-33(27-41(35)50-42(34)37)45-47-43(29-13-6-2-7-14-29)46-44(48-45)30-15-8-3-9-16-30/h1-27H. The van der Waals surface area contributed by atoms with Gasteiger partial charge in [0.25, 0.3) is 0 Å². The van der Waals surface area contributed by atoms with Gasteiger partial charge in [0.2, 0.25) is 0 Å². The van der Waals surface area contributed by atoms with Crippen molar-refractivity contribution < 1.29 is 8.83 Å². The number of nitrogens with zero attached hydrogens (tertiary/aromatic N) is 3. The van der Waals surface area contributed by atoms with Gasteiger partial charge in [0.15, 0.2) is 17.5 Å². The maximum Gasteiger partial charge on any atom is 0.164 e. The quantitative estimate of drug-likeness (QED) is 0.187. The molecule has 0 saturated heterocycles. The third kappa shape index (κ3) is 4.75. The summed E-state index contributed by atoms with van der Waals surface area (Å²) in [5, 5.41) is 4.27. The van der Waals surface area contributed by atoms with Crippen LogP contribution in [0.1, 0.15) is 0 Å². The summed E-state index contributed by atoms with van der Waals surface area (Å²) in [5.41, 5.74) is 10.4. The first-order valence-corrected chi connectivity index (χ1v) is 16.6. The van der Waals surface area contributed by atoms with Gasteiger partial charge < -0.3 is 8.83 Å². The fraction of sp³-hybridized carbons (Fsp3) is 0. The fourth-order valence-corrected chi connectivity index (χ4v) is 6.86. The number of aromatic nitrogens is 3. The zero-order valence-electron chi connectivity index (χ0n) is 26.7. The Bertz CT molecular complexity index is 2800. The van der Waals surface area contributed by atoms with E-state index in [1.165, 1.54) is 11.1 Å². The van der Waals surface area contributed by atoms with Gasteiger partial charge in [0.05, 0.1) is 0 Å². The molecule has 0 aliphatic rings. The predicted molar refractivity (Wildman–Crippen MR) is 202 cm³/mol. The molecule has 0 unspecified atom stereocenters. The van der Waals surface area contributed by atoms with E-state index in [-0.39, 0.29) is 0 Å². The number of para-hydroxylation sites is 1. The van der Waals surface area contributed by atoms with E-state index in [1.807, 2.05) is 72.8 Å². The highest BCUT2D eigenvalue weighted by Crippen LogP contribution is 2.40. The zero-order valence-corrected chi connectivity index (χ0v) is 26.7. The first kappa shape index (κ1) is 28.2. The van der Waals surface area contributed by atoms with Crippen LogP contribution >= 0.6 is 0 Å². The molecule has 0 N–H and O–H groups in total. The number of fused-ring (bicyclic) bond motifs is 6. The Balaban J connectivity index is 1.08. The fourth-order valence-electron chi connectivity index (χ4n) is 6.86. The Kier molecular flexibility index (Phi) is 6.42. The number of hydrogen-bond acceptors (Lipinski definition) is 5. The molecule has 0 fully saturated rings. The van der Waals surface area contributed by atoms with E-state index in [0.29, 0.717) is 17.5 Å². The average molecular weight is 642 g/mol. The maximum atomic E-state index is 6.66. The number of hydrogen-bond donors (Lipinski definition) is 0. The largest absolute Gasteiger partial charge is 0.456 e. The van der Waals surface area contributed by atoms with Gasteiger partial charge in [-0.15, -0.1) is 0 Å². The second kappa shape index (κ2) is 11.4. The molecule has 234 valence electrons. The smallest absolute Gasteiger partial charge is 0.164 e. The minimum absolute atomic E-state index is 0.589. The molecule has 10 aromatic rings. The molecule has 0 bridgehead atoms. The summed E-state index contributed by atoms with van der Waals surface area (Å²) in [4.78, 5) is 14.7. The molecule has 5 nitrogen and oxygen atoms in total. The van der Waals surface area contributed by atoms with Crippen molar-refractivity contribution in [2.45, 2.75) is 0 Å². The highest BCUT2D eigenvalue weighted by Gasteiger charge is 2.17. The third-order valence-electron chi connectivity index (χ3n) is 9.35. The molecule has 5 heteroatoms. The summed E-state index contributed by atoms with van der Waals surface area (Å²) in [7, 11) is 0. The first-order chi connectivity index (χ1) is 24.7. The lowest BCUT2D eigenvalue weighted by Gasteiger charge is -2.08. The molecule has 7 aromatic carbocycles. The third-order valence-corrected chi connectivity index (χ3v) is 9.35. The Morgan fingerprint density at radius 1 is 0.300 bits per heavy atom. The molecule has 3 aromatic heterocycles. The van der Waals surface area contributed by atoms with Crippen molar-refractivity contribution in [3.05, 3.63) is 164 Å². The molecule has 0 radical (unpaired) electrons. The summed E-state index contributed by atoms with van der Waals surface area (Å²) < 4.78 is 13.0. The van der Waals surface area contributed by atoms with Crippen molar-refractivity contribution >= 4 is 43.9 Å². The van der Waals surface area contributed by atoms with E-state index in [2.05, 4.69) is 91.0 Å². The van der Waals surface area contributed by atoms with Gasteiger partial charge in [-0.25, -0.2) is 15.0 Å². The number of rotatable bonds is 5. The molecular formula is C45H27N3O2. The SMILES string of the molecule is c1ccc(-c2ccc3oc4cc(-c5cccc6c5oc5cc(-c7nc(-c8ccccc8)nc(-c8ccccc8)n7)ccc56)ccc4c3c2)cc1. The van der Waals surface area contributed by atoms with Gasteiger partial charge in [0.1, 0.15) is 22.3 Å². The highest BCUT2D eigenvalue weighted by atomic mass is 16.3. The van der Waals surface area contributed by atoms with E-state index in [1.54, 1.807) is 0 Å². The predicted octanol–water partition coefficient (Wildman–Crippen LogP) is 12.0. The van der Waals surface area contributed by atoms with Crippen molar-refractivity contribution in [1.29, 1.82) is 0 Å². The maximum absolute atomic E-state index is 6.66. The molecule has 0 aliphatic carbocycles. The molecular weight excluding hydrogens is 615 g/mol. The summed E-state index contributed by atoms with van der Waals surface area (Å²) >= 11 is 0. The monoisotopic (exact) mass is 641 g/mol. The van der Waals surface area contributed by atoms with E-state index < -0.39 is 0 Å². The van der Waals surface area contributed by atoms with Gasteiger partial charge >= 0.3 is 0 Å². The van der Waals surface area contributed by atoms with E-state index in [9.17, 15) is 0 Å². The lowest BCUT2D eigenvalue weighted by molar-refractivity contribution is 0.668. The van der Waals surface area contributed by atoms with Gasteiger partial charge in [0, 0.05) is 43.8 Å². The minimum Gasteiger partial charge on any atom is -0.456 e. The van der Waals surface area contributed by atoms with Crippen molar-refractivity contribution in [3.63, 3.8) is 0 Å². The normalized spacial score (nSPS) is 11.6. The van der Waals surface area contributed by atoms with Crippen LogP contribution < -0.4 is 0 Å². The Hall–Kier alpha value is -6.85. The summed E-state index contributed by atoms with van der Waals surface area (Å²) in [6.45, 7) is 0. The Labute approximate surface area is 287 Å². The first-order valence-electron chi connectivity index (χ1n) is 16.6. The van der Waals surface area contributed by atoms with Crippen molar-refractivity contribution in [1.82, 2.24) is 15.0 Å². The Morgan fingerprint density at radius 2 is 0.840 bits per heavy atom. The van der Waals surface area contributed by atoms with Crippen LogP contribution in [-0.4, -0.2) is 15.0 Å². The topological polar surface area (TPSA) is 65.0 Å². The van der Waals surface area contributed by atoms with Gasteiger partial charge in [-0.2, -0.15) is 0 Å². The number of furan rings is 2. The van der Waals surface area contributed by atoms with Gasteiger partial charge in [-0.1, -0.05) is 127 Å². The van der Waals surface area contributed by atoms with E-state index in [4.69, 9.17) is 23.8 Å². The molecule has 3 heterocycles. The molecule has 0 aliphatic heterocycles. The summed E-state index contributed by atoms with van der Waals surface area (Å²) in [6.07, 6.45) is 0. The highest BCUT2D eigenvalue weighted by molar-refractivity contribution is 6.12. The summed E-state index contributed by atoms with van der Waals surface area (Å²) in [6, 6.07) is 55.8. The summed E-state index contributed by atoms with van der Waals surface area (Å²) in [5.74, 6) is 1.84. The zero-order chi connectivity index (χ0) is 33.0. The molecule has 10 rings (SSSR count). The van der Waals surface area contributed by atoms with Gasteiger partial charge in [-0.3, -0.25) is 0 Å². The van der Waals surface area contributed by atoms with Crippen LogP contribution in [0.2, 0.25) is 0 Å². The van der Waals surface area contributed by atoms with Crippen molar-refractivity contribution in [2.75, 3.05) is 0 Å². The van der Waals surface area contributed by atoms with Crippen LogP contribution in [0.3, 0.4) is 0 Å². The van der Waals surface area contributed by atoms with Crippen LogP contribution in [0.5, 0.6) is 0 Å². The van der Waals surface area contributed by atoms with E-state index >= 15 is 0 Å². The molecule has 50 heavy (non-hydrogen) atoms.